The molecule has 0 amide bonds. The standard InChI is InChI=1S/C14H20ClNO2/c1-17-13-8-10(6-7-16)12(15)9-14(13)18-11-4-2-3-5-11/h8-9,11H,2-7,16H2,1H3. The van der Waals surface area contributed by atoms with Gasteiger partial charge >= 0.3 is 0 Å². The lowest BCUT2D eigenvalue weighted by Crippen LogP contribution is -2.12. The Morgan fingerprint density at radius 1 is 1.28 bits per heavy atom. The van der Waals surface area contributed by atoms with Gasteiger partial charge in [-0.1, -0.05) is 11.6 Å². The molecule has 1 aromatic rings. The predicted octanol–water partition coefficient (Wildman–Crippen LogP) is 3.17. The van der Waals surface area contributed by atoms with E-state index in [0.717, 1.165) is 36.3 Å². The van der Waals surface area contributed by atoms with Gasteiger partial charge in [-0.3, -0.25) is 0 Å². The minimum atomic E-state index is 0.301. The van der Waals surface area contributed by atoms with Crippen molar-refractivity contribution in [1.29, 1.82) is 0 Å². The van der Waals surface area contributed by atoms with Gasteiger partial charge in [0.1, 0.15) is 0 Å². The molecular formula is C14H20ClNO2. The summed E-state index contributed by atoms with van der Waals surface area (Å²) in [4.78, 5) is 0. The average molecular weight is 270 g/mol. The summed E-state index contributed by atoms with van der Waals surface area (Å²) in [6.07, 6.45) is 5.77. The number of methoxy groups -OCH3 is 1. The maximum Gasteiger partial charge on any atom is 0.163 e. The molecule has 0 spiro atoms. The fourth-order valence-electron chi connectivity index (χ4n) is 2.36. The second-order valence-electron chi connectivity index (χ2n) is 4.66. The zero-order chi connectivity index (χ0) is 13.0. The van der Waals surface area contributed by atoms with Gasteiger partial charge in [-0.15, -0.1) is 0 Å². The van der Waals surface area contributed by atoms with E-state index < -0.39 is 0 Å². The summed E-state index contributed by atoms with van der Waals surface area (Å²) >= 11 is 6.23. The van der Waals surface area contributed by atoms with Gasteiger partial charge in [-0.05, 0) is 50.3 Å². The van der Waals surface area contributed by atoms with E-state index >= 15 is 0 Å². The highest BCUT2D eigenvalue weighted by atomic mass is 35.5. The first-order valence-corrected chi connectivity index (χ1v) is 6.85. The Kier molecular flexibility index (Phi) is 4.72. The van der Waals surface area contributed by atoms with Crippen LogP contribution in [0, 0.1) is 0 Å². The Balaban J connectivity index is 2.19. The zero-order valence-corrected chi connectivity index (χ0v) is 11.5. The van der Waals surface area contributed by atoms with Crippen molar-refractivity contribution in [2.24, 2.45) is 5.73 Å². The molecule has 0 aliphatic heterocycles. The third-order valence-electron chi connectivity index (χ3n) is 3.34. The van der Waals surface area contributed by atoms with Crippen LogP contribution in [0.4, 0.5) is 0 Å². The van der Waals surface area contributed by atoms with Crippen molar-refractivity contribution in [3.63, 3.8) is 0 Å². The van der Waals surface area contributed by atoms with Crippen molar-refractivity contribution >= 4 is 11.6 Å². The molecule has 0 saturated heterocycles. The second-order valence-corrected chi connectivity index (χ2v) is 5.06. The number of nitrogens with two attached hydrogens (primary N) is 1. The molecule has 1 fully saturated rings. The van der Waals surface area contributed by atoms with Crippen molar-refractivity contribution in [1.82, 2.24) is 0 Å². The van der Waals surface area contributed by atoms with Crippen molar-refractivity contribution in [3.8, 4) is 11.5 Å². The quantitative estimate of drug-likeness (QED) is 0.893. The maximum atomic E-state index is 6.23. The molecule has 0 bridgehead atoms. The van der Waals surface area contributed by atoms with E-state index in [9.17, 15) is 0 Å². The van der Waals surface area contributed by atoms with Crippen LogP contribution in [0.3, 0.4) is 0 Å². The Hall–Kier alpha value is -0.930. The largest absolute Gasteiger partial charge is 0.493 e. The van der Waals surface area contributed by atoms with Gasteiger partial charge in [0, 0.05) is 11.1 Å². The van der Waals surface area contributed by atoms with Gasteiger partial charge in [0.15, 0.2) is 11.5 Å². The van der Waals surface area contributed by atoms with E-state index in [1.807, 2.05) is 12.1 Å². The Morgan fingerprint density at radius 3 is 2.61 bits per heavy atom. The van der Waals surface area contributed by atoms with Crippen LogP contribution in [0.1, 0.15) is 31.2 Å². The van der Waals surface area contributed by atoms with Crippen molar-refractivity contribution in [2.45, 2.75) is 38.2 Å². The molecule has 100 valence electrons. The molecule has 3 nitrogen and oxygen atoms in total. The fourth-order valence-corrected chi connectivity index (χ4v) is 2.61. The van der Waals surface area contributed by atoms with E-state index in [4.69, 9.17) is 26.8 Å². The zero-order valence-electron chi connectivity index (χ0n) is 10.7. The normalized spacial score (nSPS) is 15.9. The van der Waals surface area contributed by atoms with Crippen LogP contribution in [-0.4, -0.2) is 19.8 Å². The second kappa shape index (κ2) is 6.30. The number of ether oxygens (including phenoxy) is 2. The van der Waals surface area contributed by atoms with Crippen LogP contribution in [-0.2, 0) is 6.42 Å². The fraction of sp³-hybridized carbons (Fsp3) is 0.571. The Bertz CT molecular complexity index is 403. The smallest absolute Gasteiger partial charge is 0.163 e. The van der Waals surface area contributed by atoms with E-state index in [-0.39, 0.29) is 0 Å². The highest BCUT2D eigenvalue weighted by molar-refractivity contribution is 6.31. The van der Waals surface area contributed by atoms with Crippen molar-refractivity contribution in [3.05, 3.63) is 22.7 Å². The molecule has 2 N–H and O–H groups in total. The van der Waals surface area contributed by atoms with Crippen LogP contribution in [0.2, 0.25) is 5.02 Å². The number of hydrogen-bond acceptors (Lipinski definition) is 3. The van der Waals surface area contributed by atoms with Gasteiger partial charge in [0.05, 0.1) is 13.2 Å². The number of benzene rings is 1. The minimum absolute atomic E-state index is 0.301. The highest BCUT2D eigenvalue weighted by Crippen LogP contribution is 2.36. The molecule has 1 aliphatic carbocycles. The molecule has 0 atom stereocenters. The van der Waals surface area contributed by atoms with Gasteiger partial charge < -0.3 is 15.2 Å². The summed E-state index contributed by atoms with van der Waals surface area (Å²) in [5, 5.41) is 0.703. The molecule has 4 heteroatoms. The van der Waals surface area contributed by atoms with E-state index in [1.165, 1.54) is 12.8 Å². The summed E-state index contributed by atoms with van der Waals surface area (Å²) in [5.41, 5.74) is 6.57. The SMILES string of the molecule is COc1cc(CCN)c(Cl)cc1OC1CCCC1. The van der Waals surface area contributed by atoms with Crippen LogP contribution in [0.25, 0.3) is 0 Å². The first kappa shape index (κ1) is 13.5. The molecule has 1 aliphatic rings. The molecule has 1 saturated carbocycles. The van der Waals surface area contributed by atoms with Gasteiger partial charge in [-0.25, -0.2) is 0 Å². The van der Waals surface area contributed by atoms with Crippen molar-refractivity contribution < 1.29 is 9.47 Å². The van der Waals surface area contributed by atoms with Crippen molar-refractivity contribution in [2.75, 3.05) is 13.7 Å². The monoisotopic (exact) mass is 269 g/mol. The van der Waals surface area contributed by atoms with Crippen LogP contribution < -0.4 is 15.2 Å². The molecule has 1 aromatic carbocycles. The first-order chi connectivity index (χ1) is 8.74. The summed E-state index contributed by atoms with van der Waals surface area (Å²) in [5.74, 6) is 1.49. The van der Waals surface area contributed by atoms with Gasteiger partial charge in [0.25, 0.3) is 0 Å². The topological polar surface area (TPSA) is 44.5 Å². The maximum absolute atomic E-state index is 6.23. The van der Waals surface area contributed by atoms with Crippen LogP contribution >= 0.6 is 11.6 Å². The number of rotatable bonds is 5. The molecule has 18 heavy (non-hydrogen) atoms. The lowest BCUT2D eigenvalue weighted by Gasteiger charge is -2.17. The average Bonchev–Trinajstić information content (AvgIpc) is 2.85. The third kappa shape index (κ3) is 3.09. The van der Waals surface area contributed by atoms with Gasteiger partial charge in [-0.2, -0.15) is 0 Å². The summed E-state index contributed by atoms with van der Waals surface area (Å²) in [7, 11) is 1.65. The lowest BCUT2D eigenvalue weighted by atomic mass is 10.1. The van der Waals surface area contributed by atoms with Crippen LogP contribution in [0.5, 0.6) is 11.5 Å². The summed E-state index contributed by atoms with van der Waals surface area (Å²) in [6, 6.07) is 3.78. The van der Waals surface area contributed by atoms with Gasteiger partial charge in [0.2, 0.25) is 0 Å². The Labute approximate surface area is 113 Å². The first-order valence-electron chi connectivity index (χ1n) is 6.47. The molecular weight excluding hydrogens is 250 g/mol. The highest BCUT2D eigenvalue weighted by Gasteiger charge is 2.19. The van der Waals surface area contributed by atoms with E-state index in [2.05, 4.69) is 0 Å². The number of halogens is 1. The molecule has 0 unspecified atom stereocenters. The lowest BCUT2D eigenvalue weighted by molar-refractivity contribution is 0.200. The molecule has 0 aromatic heterocycles. The van der Waals surface area contributed by atoms with Crippen LogP contribution in [0.15, 0.2) is 12.1 Å². The summed E-state index contributed by atoms with van der Waals surface area (Å²) in [6.45, 7) is 0.575. The number of hydrogen-bond donors (Lipinski definition) is 1. The summed E-state index contributed by atoms with van der Waals surface area (Å²) < 4.78 is 11.3. The molecule has 2 rings (SSSR count). The molecule has 0 radical (unpaired) electrons. The minimum Gasteiger partial charge on any atom is -0.493 e. The van der Waals surface area contributed by atoms with E-state index in [1.54, 1.807) is 7.11 Å². The third-order valence-corrected chi connectivity index (χ3v) is 3.69. The molecule has 0 heterocycles. The Morgan fingerprint density at radius 2 is 2.00 bits per heavy atom. The predicted molar refractivity (Wildman–Crippen MR) is 73.6 cm³/mol. The van der Waals surface area contributed by atoms with E-state index in [0.29, 0.717) is 17.7 Å².